The van der Waals surface area contributed by atoms with E-state index in [2.05, 4.69) is 23.2 Å². The number of hydrogen-bond acceptors (Lipinski definition) is 5. The van der Waals surface area contributed by atoms with E-state index in [0.29, 0.717) is 21.9 Å². The van der Waals surface area contributed by atoms with Gasteiger partial charge in [-0.1, -0.05) is 31.2 Å². The SMILES string of the molecule is CCN1CCc2c(sc(NC(=O)c3cc4ccccc4cc3OC)c2C#N)C1. The van der Waals surface area contributed by atoms with E-state index >= 15 is 0 Å². The maximum Gasteiger partial charge on any atom is 0.260 e. The van der Waals surface area contributed by atoms with Gasteiger partial charge in [0, 0.05) is 18.0 Å². The van der Waals surface area contributed by atoms with Crippen molar-refractivity contribution < 1.29 is 9.53 Å². The predicted molar refractivity (Wildman–Crippen MR) is 112 cm³/mol. The van der Waals surface area contributed by atoms with Gasteiger partial charge in [-0.15, -0.1) is 11.3 Å². The maximum absolute atomic E-state index is 13.0. The van der Waals surface area contributed by atoms with Crippen LogP contribution in [0.15, 0.2) is 36.4 Å². The van der Waals surface area contributed by atoms with Crippen LogP contribution in [0.5, 0.6) is 5.75 Å². The first kappa shape index (κ1) is 18.5. The fourth-order valence-corrected chi connectivity index (χ4v) is 4.90. The van der Waals surface area contributed by atoms with Gasteiger partial charge in [0.2, 0.25) is 0 Å². The lowest BCUT2D eigenvalue weighted by Gasteiger charge is -2.24. The minimum atomic E-state index is -0.259. The van der Waals surface area contributed by atoms with Gasteiger partial charge in [-0.2, -0.15) is 5.26 Å². The molecule has 1 aromatic heterocycles. The number of hydrogen-bond donors (Lipinski definition) is 1. The van der Waals surface area contributed by atoms with Gasteiger partial charge in [-0.05, 0) is 41.4 Å². The number of rotatable bonds is 4. The van der Waals surface area contributed by atoms with Crippen LogP contribution in [0, 0.1) is 11.3 Å². The van der Waals surface area contributed by atoms with Gasteiger partial charge in [0.25, 0.3) is 5.91 Å². The number of nitrogens with zero attached hydrogens (tertiary/aromatic N) is 2. The first-order chi connectivity index (χ1) is 13.6. The van der Waals surface area contributed by atoms with Crippen molar-refractivity contribution in [2.45, 2.75) is 19.9 Å². The summed E-state index contributed by atoms with van der Waals surface area (Å²) in [6, 6.07) is 13.9. The fraction of sp³-hybridized carbons (Fsp3) is 0.273. The van der Waals surface area contributed by atoms with E-state index < -0.39 is 0 Å². The molecule has 0 fully saturated rings. The summed E-state index contributed by atoms with van der Waals surface area (Å²) in [5.41, 5.74) is 2.15. The zero-order valence-electron chi connectivity index (χ0n) is 15.9. The summed E-state index contributed by atoms with van der Waals surface area (Å²) in [5.74, 6) is 0.262. The second-order valence-corrected chi connectivity index (χ2v) is 7.90. The number of carbonyl (C=O) groups excluding carboxylic acids is 1. The Hall–Kier alpha value is -2.88. The quantitative estimate of drug-likeness (QED) is 0.715. The lowest BCUT2D eigenvalue weighted by atomic mass is 10.0. The zero-order valence-corrected chi connectivity index (χ0v) is 16.7. The third kappa shape index (κ3) is 3.24. The van der Waals surface area contributed by atoms with Crippen LogP contribution in [-0.4, -0.2) is 31.0 Å². The number of fused-ring (bicyclic) bond motifs is 2. The third-order valence-electron chi connectivity index (χ3n) is 5.23. The molecule has 1 N–H and O–H groups in total. The van der Waals surface area contributed by atoms with Crippen LogP contribution in [0.2, 0.25) is 0 Å². The molecule has 6 heteroatoms. The van der Waals surface area contributed by atoms with E-state index in [1.165, 1.54) is 16.2 Å². The molecule has 0 radical (unpaired) electrons. The van der Waals surface area contributed by atoms with Crippen LogP contribution in [0.4, 0.5) is 5.00 Å². The molecule has 5 nitrogen and oxygen atoms in total. The summed E-state index contributed by atoms with van der Waals surface area (Å²) in [7, 11) is 1.56. The number of methoxy groups -OCH3 is 1. The highest BCUT2D eigenvalue weighted by Crippen LogP contribution is 2.37. The van der Waals surface area contributed by atoms with Gasteiger partial charge in [0.15, 0.2) is 0 Å². The maximum atomic E-state index is 13.0. The Morgan fingerprint density at radius 2 is 2.07 bits per heavy atom. The van der Waals surface area contributed by atoms with E-state index in [4.69, 9.17) is 4.74 Å². The van der Waals surface area contributed by atoms with E-state index in [1.54, 1.807) is 7.11 Å². The lowest BCUT2D eigenvalue weighted by molar-refractivity contribution is 0.102. The Balaban J connectivity index is 1.69. The molecule has 0 aliphatic carbocycles. The van der Waals surface area contributed by atoms with E-state index in [9.17, 15) is 10.1 Å². The molecule has 4 rings (SSSR count). The van der Waals surface area contributed by atoms with Gasteiger partial charge in [-0.3, -0.25) is 9.69 Å². The first-order valence-electron chi connectivity index (χ1n) is 9.29. The van der Waals surface area contributed by atoms with Crippen LogP contribution < -0.4 is 10.1 Å². The molecule has 0 spiro atoms. The molecule has 0 saturated carbocycles. The van der Waals surface area contributed by atoms with E-state index in [0.717, 1.165) is 42.4 Å². The van der Waals surface area contributed by atoms with Gasteiger partial charge in [0.05, 0.1) is 18.2 Å². The van der Waals surface area contributed by atoms with Gasteiger partial charge in [-0.25, -0.2) is 0 Å². The van der Waals surface area contributed by atoms with Crippen molar-refractivity contribution in [1.82, 2.24) is 4.90 Å². The molecular weight excluding hydrogens is 370 g/mol. The molecule has 142 valence electrons. The van der Waals surface area contributed by atoms with Crippen molar-refractivity contribution in [2.75, 3.05) is 25.5 Å². The molecule has 0 saturated heterocycles. The number of thiophene rings is 1. The molecule has 1 amide bonds. The Labute approximate surface area is 168 Å². The molecule has 3 aromatic rings. The number of ether oxygens (including phenoxy) is 1. The first-order valence-corrected chi connectivity index (χ1v) is 10.1. The molecule has 0 bridgehead atoms. The largest absolute Gasteiger partial charge is 0.496 e. The Morgan fingerprint density at radius 3 is 2.75 bits per heavy atom. The molecular formula is C22H21N3O2S. The number of likely N-dealkylation sites (N-methyl/N-ethyl adjacent to an activating group) is 1. The van der Waals surface area contributed by atoms with Crippen LogP contribution >= 0.6 is 11.3 Å². The summed E-state index contributed by atoms with van der Waals surface area (Å²) in [6.45, 7) is 4.90. The number of nitriles is 1. The Bertz CT molecular complexity index is 1100. The highest BCUT2D eigenvalue weighted by molar-refractivity contribution is 7.16. The van der Waals surface area contributed by atoms with Crippen LogP contribution in [0.1, 0.15) is 33.3 Å². The monoisotopic (exact) mass is 391 g/mol. The van der Waals surface area contributed by atoms with Crippen molar-refractivity contribution in [3.8, 4) is 11.8 Å². The van der Waals surface area contributed by atoms with Gasteiger partial charge in [0.1, 0.15) is 16.8 Å². The minimum absolute atomic E-state index is 0.259. The molecule has 0 unspecified atom stereocenters. The number of benzene rings is 2. The predicted octanol–water partition coefficient (Wildman–Crippen LogP) is 4.41. The highest BCUT2D eigenvalue weighted by Gasteiger charge is 2.25. The highest BCUT2D eigenvalue weighted by atomic mass is 32.1. The summed E-state index contributed by atoms with van der Waals surface area (Å²) in [5, 5.41) is 15.3. The smallest absolute Gasteiger partial charge is 0.260 e. The molecule has 1 aliphatic rings. The minimum Gasteiger partial charge on any atom is -0.496 e. The Kier molecular flexibility index (Phi) is 5.03. The molecule has 0 atom stereocenters. The second kappa shape index (κ2) is 7.63. The van der Waals surface area contributed by atoms with Crippen molar-refractivity contribution in [3.63, 3.8) is 0 Å². The summed E-state index contributed by atoms with van der Waals surface area (Å²) in [4.78, 5) is 16.6. The standard InChI is InChI=1S/C22H21N3O2S/c1-3-25-9-8-16-18(12-23)22(28-20(16)13-25)24-21(26)17-10-14-6-4-5-7-15(14)11-19(17)27-2/h4-7,10-11H,3,8-9,13H2,1-2H3,(H,24,26). The molecule has 2 aromatic carbocycles. The lowest BCUT2D eigenvalue weighted by Crippen LogP contribution is -2.29. The molecule has 1 aliphatic heterocycles. The topological polar surface area (TPSA) is 65.4 Å². The Morgan fingerprint density at radius 1 is 1.32 bits per heavy atom. The average molecular weight is 391 g/mol. The van der Waals surface area contributed by atoms with Crippen LogP contribution in [0.25, 0.3) is 10.8 Å². The zero-order chi connectivity index (χ0) is 19.7. The molecule has 28 heavy (non-hydrogen) atoms. The number of nitrogens with one attached hydrogen (secondary N) is 1. The van der Waals surface area contributed by atoms with E-state index in [-0.39, 0.29) is 5.91 Å². The van der Waals surface area contributed by atoms with Crippen molar-refractivity contribution in [3.05, 3.63) is 58.0 Å². The number of anilines is 1. The van der Waals surface area contributed by atoms with Gasteiger partial charge < -0.3 is 10.1 Å². The fourth-order valence-electron chi connectivity index (χ4n) is 3.67. The third-order valence-corrected chi connectivity index (χ3v) is 6.37. The summed E-state index contributed by atoms with van der Waals surface area (Å²) in [6.07, 6.45) is 0.845. The van der Waals surface area contributed by atoms with Crippen LogP contribution in [-0.2, 0) is 13.0 Å². The van der Waals surface area contributed by atoms with Crippen molar-refractivity contribution in [1.29, 1.82) is 5.26 Å². The molecule has 2 heterocycles. The number of amides is 1. The van der Waals surface area contributed by atoms with E-state index in [1.807, 2.05) is 36.4 Å². The van der Waals surface area contributed by atoms with Crippen molar-refractivity contribution in [2.24, 2.45) is 0 Å². The summed E-state index contributed by atoms with van der Waals surface area (Å²) < 4.78 is 5.45. The second-order valence-electron chi connectivity index (χ2n) is 6.79. The number of carbonyl (C=O) groups is 1. The average Bonchev–Trinajstić information content (AvgIpc) is 3.08. The van der Waals surface area contributed by atoms with Crippen LogP contribution in [0.3, 0.4) is 0 Å². The summed E-state index contributed by atoms with van der Waals surface area (Å²) >= 11 is 1.51. The van der Waals surface area contributed by atoms with Gasteiger partial charge >= 0.3 is 0 Å². The van der Waals surface area contributed by atoms with Crippen molar-refractivity contribution >= 4 is 33.0 Å². The normalized spacial score (nSPS) is 13.8.